The first kappa shape index (κ1) is 23.8. The molecule has 7 heteroatoms. The number of nitrogens with zero attached hydrogens (tertiary/aromatic N) is 4. The average molecular weight is 482 g/mol. The molecule has 7 nitrogen and oxygen atoms in total. The Bertz CT molecular complexity index is 1300. The van der Waals surface area contributed by atoms with Crippen molar-refractivity contribution < 1.29 is 9.53 Å². The van der Waals surface area contributed by atoms with Gasteiger partial charge in [-0.25, -0.2) is 0 Å². The number of hydrogen-bond donors (Lipinski definition) is 1. The number of aromatic nitrogens is 3. The van der Waals surface area contributed by atoms with Crippen LogP contribution < -0.4 is 10.1 Å². The molecule has 0 saturated carbocycles. The molecule has 2 heterocycles. The lowest BCUT2D eigenvalue weighted by Gasteiger charge is -2.20. The van der Waals surface area contributed by atoms with Gasteiger partial charge in [0.2, 0.25) is 0 Å². The van der Waals surface area contributed by atoms with Crippen molar-refractivity contribution in [1.82, 2.24) is 25.0 Å². The number of carbonyl (C=O) groups excluding carboxylic acids is 1. The first-order valence-electron chi connectivity index (χ1n) is 12.4. The number of para-hydroxylation sites is 1. The van der Waals surface area contributed by atoms with Crippen LogP contribution in [0.1, 0.15) is 22.8 Å². The van der Waals surface area contributed by atoms with Crippen LogP contribution in [0.2, 0.25) is 0 Å². The quantitative estimate of drug-likeness (QED) is 0.412. The third-order valence-electron chi connectivity index (χ3n) is 6.57. The summed E-state index contributed by atoms with van der Waals surface area (Å²) in [6, 6.07) is 26.7. The number of benzene rings is 3. The lowest BCUT2D eigenvalue weighted by Crippen LogP contribution is -2.30. The second kappa shape index (κ2) is 11.2. The molecule has 1 aromatic heterocycles. The molecule has 0 atom stereocenters. The number of ether oxygens (including phenoxy) is 1. The maximum Gasteiger partial charge on any atom is 0.258 e. The summed E-state index contributed by atoms with van der Waals surface area (Å²) in [5, 5.41) is 11.6. The van der Waals surface area contributed by atoms with Gasteiger partial charge in [0.1, 0.15) is 11.6 Å². The molecule has 36 heavy (non-hydrogen) atoms. The van der Waals surface area contributed by atoms with Crippen molar-refractivity contribution in [2.24, 2.45) is 0 Å². The van der Waals surface area contributed by atoms with E-state index in [1.54, 1.807) is 0 Å². The van der Waals surface area contributed by atoms with E-state index in [9.17, 15) is 4.79 Å². The van der Waals surface area contributed by atoms with E-state index < -0.39 is 0 Å². The summed E-state index contributed by atoms with van der Waals surface area (Å²) in [6.45, 7) is 5.99. The van der Waals surface area contributed by atoms with Crippen molar-refractivity contribution in [3.8, 4) is 16.9 Å². The third-order valence-corrected chi connectivity index (χ3v) is 6.57. The first-order valence-corrected chi connectivity index (χ1v) is 12.4. The topological polar surface area (TPSA) is 72.3 Å². The molecule has 1 N–H and O–H groups in total. The molecule has 0 unspecified atom stereocenters. The highest BCUT2D eigenvalue weighted by Crippen LogP contribution is 2.24. The maximum atomic E-state index is 12.2. The molecule has 3 aromatic carbocycles. The van der Waals surface area contributed by atoms with Crippen molar-refractivity contribution in [2.75, 3.05) is 19.7 Å². The van der Waals surface area contributed by atoms with E-state index in [2.05, 4.69) is 80.4 Å². The summed E-state index contributed by atoms with van der Waals surface area (Å²) in [5.74, 6) is 2.24. The molecule has 0 radical (unpaired) electrons. The summed E-state index contributed by atoms with van der Waals surface area (Å²) >= 11 is 0. The van der Waals surface area contributed by atoms with E-state index in [1.165, 1.54) is 22.3 Å². The lowest BCUT2D eigenvalue weighted by molar-refractivity contribution is -0.123. The van der Waals surface area contributed by atoms with Crippen LogP contribution in [0.5, 0.6) is 5.75 Å². The summed E-state index contributed by atoms with van der Waals surface area (Å²) in [5.41, 5.74) is 5.12. The van der Waals surface area contributed by atoms with Gasteiger partial charge >= 0.3 is 0 Å². The van der Waals surface area contributed by atoms with E-state index in [0.717, 1.165) is 44.2 Å². The van der Waals surface area contributed by atoms with Gasteiger partial charge in [-0.2, -0.15) is 0 Å². The Hall–Kier alpha value is -3.97. The standard InChI is InChI=1S/C29H31N5O2/c1-22-7-5-6-10-26(22)24-13-11-23(12-14-24)20-33-16-15-27-31-32-28(34(27)18-17-33)19-30-29(35)21-36-25-8-3-2-4-9-25/h2-14H,15-21H2,1H3,(H,30,35). The highest BCUT2D eigenvalue weighted by atomic mass is 16.5. The van der Waals surface area contributed by atoms with Crippen molar-refractivity contribution in [1.29, 1.82) is 0 Å². The van der Waals surface area contributed by atoms with Gasteiger partial charge in [-0.15, -0.1) is 10.2 Å². The van der Waals surface area contributed by atoms with E-state index in [1.807, 2.05) is 30.3 Å². The fourth-order valence-electron chi connectivity index (χ4n) is 4.55. The van der Waals surface area contributed by atoms with Crippen LogP contribution in [0, 0.1) is 6.92 Å². The Kier molecular flexibility index (Phi) is 7.38. The van der Waals surface area contributed by atoms with Gasteiger partial charge < -0.3 is 14.6 Å². The zero-order chi connectivity index (χ0) is 24.7. The molecule has 0 bridgehead atoms. The average Bonchev–Trinajstić information content (AvgIpc) is 3.19. The minimum Gasteiger partial charge on any atom is -0.484 e. The normalized spacial score (nSPS) is 13.6. The van der Waals surface area contributed by atoms with E-state index in [4.69, 9.17) is 4.74 Å². The minimum atomic E-state index is -0.180. The van der Waals surface area contributed by atoms with Crippen molar-refractivity contribution in [3.05, 3.63) is 102 Å². The highest BCUT2D eigenvalue weighted by molar-refractivity contribution is 5.77. The minimum absolute atomic E-state index is 0.0264. The number of rotatable bonds is 8. The van der Waals surface area contributed by atoms with Gasteiger partial charge in [0.15, 0.2) is 12.4 Å². The van der Waals surface area contributed by atoms with Crippen molar-refractivity contribution in [2.45, 2.75) is 33.0 Å². The van der Waals surface area contributed by atoms with Crippen molar-refractivity contribution >= 4 is 5.91 Å². The van der Waals surface area contributed by atoms with Crippen LogP contribution in [0.3, 0.4) is 0 Å². The van der Waals surface area contributed by atoms with Crippen LogP contribution in [0.4, 0.5) is 0 Å². The molecule has 1 aliphatic rings. The van der Waals surface area contributed by atoms with E-state index >= 15 is 0 Å². The summed E-state index contributed by atoms with van der Waals surface area (Å²) in [7, 11) is 0. The first-order chi connectivity index (χ1) is 17.7. The molecular formula is C29H31N5O2. The molecule has 4 aromatic rings. The summed E-state index contributed by atoms with van der Waals surface area (Å²) < 4.78 is 7.66. The number of amides is 1. The number of nitrogens with one attached hydrogen (secondary N) is 1. The molecule has 1 amide bonds. The molecule has 0 fully saturated rings. The number of aryl methyl sites for hydroxylation is 1. The largest absolute Gasteiger partial charge is 0.484 e. The maximum absolute atomic E-state index is 12.2. The number of hydrogen-bond acceptors (Lipinski definition) is 5. The van der Waals surface area contributed by atoms with Crippen LogP contribution in [-0.4, -0.2) is 45.3 Å². The Morgan fingerprint density at radius 1 is 0.917 bits per heavy atom. The zero-order valence-electron chi connectivity index (χ0n) is 20.6. The second-order valence-corrected chi connectivity index (χ2v) is 9.10. The SMILES string of the molecule is Cc1ccccc1-c1ccc(CN2CCc3nnc(CNC(=O)COc4ccccc4)n3CC2)cc1. The molecule has 0 saturated heterocycles. The fraction of sp³-hybridized carbons (Fsp3) is 0.276. The Morgan fingerprint density at radius 2 is 1.69 bits per heavy atom. The van der Waals surface area contributed by atoms with Gasteiger partial charge in [0.05, 0.1) is 6.54 Å². The molecule has 0 aliphatic carbocycles. The molecular weight excluding hydrogens is 450 g/mol. The summed E-state index contributed by atoms with van der Waals surface area (Å²) in [4.78, 5) is 14.7. The monoisotopic (exact) mass is 481 g/mol. The Morgan fingerprint density at radius 3 is 2.50 bits per heavy atom. The van der Waals surface area contributed by atoms with Crippen LogP contribution in [0.25, 0.3) is 11.1 Å². The zero-order valence-corrected chi connectivity index (χ0v) is 20.6. The molecule has 1 aliphatic heterocycles. The molecule has 5 rings (SSSR count). The van der Waals surface area contributed by atoms with Crippen LogP contribution in [0.15, 0.2) is 78.9 Å². The van der Waals surface area contributed by atoms with E-state index in [0.29, 0.717) is 12.3 Å². The van der Waals surface area contributed by atoms with Gasteiger partial charge in [-0.1, -0.05) is 66.7 Å². The predicted molar refractivity (Wildman–Crippen MR) is 139 cm³/mol. The van der Waals surface area contributed by atoms with Gasteiger partial charge in [-0.05, 0) is 41.3 Å². The number of carbonyl (C=O) groups is 1. The van der Waals surface area contributed by atoms with Crippen LogP contribution >= 0.6 is 0 Å². The van der Waals surface area contributed by atoms with Crippen molar-refractivity contribution in [3.63, 3.8) is 0 Å². The molecule has 0 spiro atoms. The number of fused-ring (bicyclic) bond motifs is 1. The van der Waals surface area contributed by atoms with Gasteiger partial charge in [0, 0.05) is 32.6 Å². The smallest absolute Gasteiger partial charge is 0.258 e. The molecule has 184 valence electrons. The van der Waals surface area contributed by atoms with Crippen LogP contribution in [-0.2, 0) is 30.8 Å². The van der Waals surface area contributed by atoms with Gasteiger partial charge in [-0.3, -0.25) is 9.69 Å². The second-order valence-electron chi connectivity index (χ2n) is 9.10. The Balaban J connectivity index is 1.13. The van der Waals surface area contributed by atoms with Gasteiger partial charge in [0.25, 0.3) is 5.91 Å². The van der Waals surface area contributed by atoms with E-state index in [-0.39, 0.29) is 12.5 Å². The fourth-order valence-corrected chi connectivity index (χ4v) is 4.55. The highest BCUT2D eigenvalue weighted by Gasteiger charge is 2.19. The predicted octanol–water partition coefficient (Wildman–Crippen LogP) is 4.01. The summed E-state index contributed by atoms with van der Waals surface area (Å²) in [6.07, 6.45) is 0.833. The lowest BCUT2D eigenvalue weighted by atomic mass is 9.99. The third kappa shape index (κ3) is 5.80. The Labute approximate surface area is 211 Å².